The third kappa shape index (κ3) is 3.90. The Morgan fingerprint density at radius 2 is 2.06 bits per heavy atom. The quantitative estimate of drug-likeness (QED) is 0.463. The molecule has 7 heteroatoms. The number of aldehydes is 1. The number of nitrogens with zero attached hydrogens (tertiary/aromatic N) is 1. The lowest BCUT2D eigenvalue weighted by molar-refractivity contribution is -0.384. The zero-order chi connectivity index (χ0) is 12.8. The summed E-state index contributed by atoms with van der Waals surface area (Å²) in [6, 6.07) is 5.58. The van der Waals surface area contributed by atoms with Crippen molar-refractivity contribution in [2.24, 2.45) is 5.73 Å². The summed E-state index contributed by atoms with van der Waals surface area (Å²) in [4.78, 5) is 30.9. The fourth-order valence-corrected chi connectivity index (χ4v) is 1.25. The molecule has 0 aliphatic heterocycles. The van der Waals surface area contributed by atoms with Crippen molar-refractivity contribution in [2.75, 3.05) is 0 Å². The van der Waals surface area contributed by atoms with Gasteiger partial charge in [-0.1, -0.05) is 12.1 Å². The van der Waals surface area contributed by atoms with Crippen LogP contribution in [0, 0.1) is 10.1 Å². The van der Waals surface area contributed by atoms with Gasteiger partial charge in [0.1, 0.15) is 0 Å². The van der Waals surface area contributed by atoms with E-state index in [4.69, 9.17) is 5.73 Å². The molecular weight excluding hydrogens is 228 g/mol. The van der Waals surface area contributed by atoms with Gasteiger partial charge in [0.05, 0.1) is 4.92 Å². The lowest BCUT2D eigenvalue weighted by Gasteiger charge is -2.09. The van der Waals surface area contributed by atoms with Gasteiger partial charge in [-0.3, -0.25) is 14.9 Å². The number of hydrogen-bond donors (Lipinski definition) is 1. The molecule has 0 aliphatic rings. The summed E-state index contributed by atoms with van der Waals surface area (Å²) in [5.74, 6) is 0. The molecule has 0 heterocycles. The molecule has 0 radical (unpaired) electrons. The molecule has 1 amide bonds. The summed E-state index contributed by atoms with van der Waals surface area (Å²) in [5.41, 5.74) is 5.36. The maximum atomic E-state index is 10.6. The van der Waals surface area contributed by atoms with Crippen LogP contribution in [0.2, 0.25) is 0 Å². The lowest BCUT2D eigenvalue weighted by atomic mass is 10.1. The number of nitrogens with two attached hydrogens (primary N) is 1. The summed E-state index contributed by atoms with van der Waals surface area (Å²) >= 11 is 0. The number of primary amides is 1. The number of nitro benzene ring substituents is 1. The van der Waals surface area contributed by atoms with Crippen LogP contribution in [-0.2, 0) is 16.0 Å². The SMILES string of the molecule is NC(=O)OC(C=O)Cc1ccc([N+](=O)[O-])cc1. The van der Waals surface area contributed by atoms with Crippen LogP contribution in [0.15, 0.2) is 24.3 Å². The predicted molar refractivity (Wildman–Crippen MR) is 57.3 cm³/mol. The highest BCUT2D eigenvalue weighted by Crippen LogP contribution is 2.13. The molecular formula is C10H10N2O5. The van der Waals surface area contributed by atoms with Gasteiger partial charge in [0, 0.05) is 18.6 Å². The second-order valence-corrected chi connectivity index (χ2v) is 3.24. The van der Waals surface area contributed by atoms with Gasteiger partial charge < -0.3 is 10.5 Å². The second kappa shape index (κ2) is 5.59. The van der Waals surface area contributed by atoms with Crippen molar-refractivity contribution in [2.45, 2.75) is 12.5 Å². The number of nitro groups is 1. The van der Waals surface area contributed by atoms with E-state index in [1.165, 1.54) is 24.3 Å². The average molecular weight is 238 g/mol. The van der Waals surface area contributed by atoms with Crippen molar-refractivity contribution >= 4 is 18.1 Å². The molecule has 0 saturated heterocycles. The predicted octanol–water partition coefficient (Wildman–Crippen LogP) is 0.800. The van der Waals surface area contributed by atoms with E-state index in [0.717, 1.165) is 0 Å². The van der Waals surface area contributed by atoms with E-state index in [1.807, 2.05) is 0 Å². The van der Waals surface area contributed by atoms with Crippen molar-refractivity contribution in [1.82, 2.24) is 0 Å². The summed E-state index contributed by atoms with van der Waals surface area (Å²) in [6.45, 7) is 0. The Bertz CT molecular complexity index is 429. The van der Waals surface area contributed by atoms with Gasteiger partial charge in [0.25, 0.3) is 5.69 Å². The van der Waals surface area contributed by atoms with Crippen LogP contribution in [0.5, 0.6) is 0 Å². The Kier molecular flexibility index (Phi) is 4.15. The largest absolute Gasteiger partial charge is 0.438 e. The van der Waals surface area contributed by atoms with Gasteiger partial charge in [0.2, 0.25) is 0 Å². The second-order valence-electron chi connectivity index (χ2n) is 3.24. The first-order valence-electron chi connectivity index (χ1n) is 4.67. The Morgan fingerprint density at radius 1 is 1.47 bits per heavy atom. The first-order chi connectivity index (χ1) is 8.02. The van der Waals surface area contributed by atoms with Gasteiger partial charge in [-0.25, -0.2) is 4.79 Å². The average Bonchev–Trinajstić information content (AvgIpc) is 2.28. The molecule has 7 nitrogen and oxygen atoms in total. The van der Waals surface area contributed by atoms with Gasteiger partial charge in [-0.05, 0) is 5.56 Å². The van der Waals surface area contributed by atoms with Crippen molar-refractivity contribution in [1.29, 1.82) is 0 Å². The molecule has 1 rings (SSSR count). The van der Waals surface area contributed by atoms with Gasteiger partial charge >= 0.3 is 6.09 Å². The highest BCUT2D eigenvalue weighted by atomic mass is 16.6. The third-order valence-electron chi connectivity index (χ3n) is 2.00. The van der Waals surface area contributed by atoms with Gasteiger partial charge in [-0.2, -0.15) is 0 Å². The van der Waals surface area contributed by atoms with E-state index < -0.39 is 17.1 Å². The first kappa shape index (κ1) is 12.6. The zero-order valence-electron chi connectivity index (χ0n) is 8.74. The van der Waals surface area contributed by atoms with Crippen LogP contribution in [-0.4, -0.2) is 23.4 Å². The molecule has 90 valence electrons. The normalized spacial score (nSPS) is 11.5. The van der Waals surface area contributed by atoms with Gasteiger partial charge in [0.15, 0.2) is 12.4 Å². The van der Waals surface area contributed by atoms with Crippen LogP contribution in [0.25, 0.3) is 0 Å². The molecule has 1 aromatic rings. The van der Waals surface area contributed by atoms with E-state index in [2.05, 4.69) is 4.74 Å². The van der Waals surface area contributed by atoms with Crippen molar-refractivity contribution < 1.29 is 19.2 Å². The number of benzene rings is 1. The van der Waals surface area contributed by atoms with E-state index in [9.17, 15) is 19.7 Å². The van der Waals surface area contributed by atoms with Crippen LogP contribution in [0.4, 0.5) is 10.5 Å². The summed E-state index contributed by atoms with van der Waals surface area (Å²) in [5, 5.41) is 10.4. The fraction of sp³-hybridized carbons (Fsp3) is 0.200. The van der Waals surface area contributed by atoms with E-state index in [0.29, 0.717) is 11.8 Å². The summed E-state index contributed by atoms with van der Waals surface area (Å²) < 4.78 is 4.52. The molecule has 0 bridgehead atoms. The highest BCUT2D eigenvalue weighted by molar-refractivity contribution is 5.69. The van der Waals surface area contributed by atoms with Crippen LogP contribution >= 0.6 is 0 Å². The molecule has 0 aromatic heterocycles. The minimum Gasteiger partial charge on any atom is -0.438 e. The molecule has 1 atom stereocenters. The van der Waals surface area contributed by atoms with Crippen molar-refractivity contribution in [3.8, 4) is 0 Å². The van der Waals surface area contributed by atoms with E-state index in [-0.39, 0.29) is 12.1 Å². The highest BCUT2D eigenvalue weighted by Gasteiger charge is 2.13. The number of amides is 1. The Hall–Kier alpha value is -2.44. The Balaban J connectivity index is 2.70. The molecule has 1 unspecified atom stereocenters. The number of hydrogen-bond acceptors (Lipinski definition) is 5. The molecule has 0 fully saturated rings. The monoisotopic (exact) mass is 238 g/mol. The molecule has 1 aromatic carbocycles. The van der Waals surface area contributed by atoms with Gasteiger partial charge in [-0.15, -0.1) is 0 Å². The van der Waals surface area contributed by atoms with Crippen molar-refractivity contribution in [3.63, 3.8) is 0 Å². The summed E-state index contributed by atoms with van der Waals surface area (Å²) in [6.07, 6.45) is -1.44. The minimum absolute atomic E-state index is 0.0489. The van der Waals surface area contributed by atoms with Crippen LogP contribution in [0.3, 0.4) is 0 Å². The number of non-ortho nitro benzene ring substituents is 1. The molecule has 0 saturated carbocycles. The maximum absolute atomic E-state index is 10.6. The van der Waals surface area contributed by atoms with Crippen LogP contribution in [0.1, 0.15) is 5.56 Å². The standard InChI is InChI=1S/C10H10N2O5/c11-10(14)17-9(6-13)5-7-1-3-8(4-2-7)12(15)16/h1-4,6,9H,5H2,(H2,11,14). The van der Waals surface area contributed by atoms with E-state index in [1.54, 1.807) is 0 Å². The van der Waals surface area contributed by atoms with Crippen molar-refractivity contribution in [3.05, 3.63) is 39.9 Å². The maximum Gasteiger partial charge on any atom is 0.405 e. The molecule has 0 spiro atoms. The summed E-state index contributed by atoms with van der Waals surface area (Å²) in [7, 11) is 0. The molecule has 2 N–H and O–H groups in total. The topological polar surface area (TPSA) is 113 Å². The molecule has 0 aliphatic carbocycles. The van der Waals surface area contributed by atoms with Crippen LogP contribution < -0.4 is 5.73 Å². The Labute approximate surface area is 96.3 Å². The number of carbonyl (C=O) groups excluding carboxylic acids is 2. The van der Waals surface area contributed by atoms with E-state index >= 15 is 0 Å². The zero-order valence-corrected chi connectivity index (χ0v) is 8.74. The Morgan fingerprint density at radius 3 is 2.47 bits per heavy atom. The number of rotatable bonds is 5. The third-order valence-corrected chi connectivity index (χ3v) is 2.00. The lowest BCUT2D eigenvalue weighted by Crippen LogP contribution is -2.25. The first-order valence-corrected chi connectivity index (χ1v) is 4.67. The minimum atomic E-state index is -1.04. The molecule has 17 heavy (non-hydrogen) atoms. The fourth-order valence-electron chi connectivity index (χ4n) is 1.25. The smallest absolute Gasteiger partial charge is 0.405 e. The number of carbonyl (C=O) groups is 2. The number of ether oxygens (including phenoxy) is 1.